The van der Waals surface area contributed by atoms with Crippen LogP contribution in [0.2, 0.25) is 0 Å². The molecule has 1 heterocycles. The Morgan fingerprint density at radius 1 is 1.22 bits per heavy atom. The first-order chi connectivity index (χ1) is 8.81. The molecule has 0 aliphatic rings. The molecule has 1 aromatic carbocycles. The average Bonchev–Trinajstić information content (AvgIpc) is 2.92. The number of hydrogen-bond acceptors (Lipinski definition) is 3. The van der Waals surface area contributed by atoms with Gasteiger partial charge in [-0.2, -0.15) is 0 Å². The topological polar surface area (TPSA) is 29.5 Å². The van der Waals surface area contributed by atoms with Crippen LogP contribution in [-0.4, -0.2) is 11.7 Å². The molecule has 0 spiro atoms. The van der Waals surface area contributed by atoms with E-state index in [0.717, 1.165) is 17.7 Å². The van der Waals surface area contributed by atoms with E-state index in [1.54, 1.807) is 11.3 Å². The lowest BCUT2D eigenvalue weighted by Crippen LogP contribution is -2.04. The van der Waals surface area contributed by atoms with Crippen molar-refractivity contribution in [3.63, 3.8) is 0 Å². The van der Waals surface area contributed by atoms with Crippen LogP contribution in [-0.2, 0) is 6.42 Å². The van der Waals surface area contributed by atoms with Crippen molar-refractivity contribution >= 4 is 11.3 Å². The lowest BCUT2D eigenvalue weighted by molar-refractivity contribution is 0.167. The number of hydrogen-bond donors (Lipinski definition) is 1. The zero-order valence-electron chi connectivity index (χ0n) is 10.5. The third kappa shape index (κ3) is 3.34. The molecule has 2 aromatic rings. The summed E-state index contributed by atoms with van der Waals surface area (Å²) in [5.41, 5.74) is 0.881. The molecule has 0 fully saturated rings. The van der Waals surface area contributed by atoms with Crippen molar-refractivity contribution in [3.05, 3.63) is 52.2 Å². The highest BCUT2D eigenvalue weighted by Gasteiger charge is 2.10. The van der Waals surface area contributed by atoms with Crippen molar-refractivity contribution in [2.24, 2.45) is 0 Å². The summed E-state index contributed by atoms with van der Waals surface area (Å²) in [5.74, 6) is 0.795. The smallest absolute Gasteiger partial charge is 0.125 e. The van der Waals surface area contributed by atoms with Crippen LogP contribution in [0.1, 0.15) is 29.9 Å². The standard InChI is InChI=1S/C15H18O2S/c1-2-14(16)13-7-3-4-8-15(13)17-10-9-12-6-5-11-18-12/h3-8,11,14,16H,2,9-10H2,1H3/t14-/m0/s1. The molecule has 1 aromatic heterocycles. The van der Waals surface area contributed by atoms with Crippen molar-refractivity contribution in [2.75, 3.05) is 6.61 Å². The molecule has 0 aliphatic carbocycles. The minimum Gasteiger partial charge on any atom is -0.493 e. The largest absolute Gasteiger partial charge is 0.493 e. The average molecular weight is 262 g/mol. The van der Waals surface area contributed by atoms with Gasteiger partial charge in [0.1, 0.15) is 5.75 Å². The third-order valence-electron chi connectivity index (χ3n) is 2.85. The van der Waals surface area contributed by atoms with Crippen LogP contribution in [0.4, 0.5) is 0 Å². The van der Waals surface area contributed by atoms with E-state index in [2.05, 4.69) is 17.5 Å². The van der Waals surface area contributed by atoms with Crippen molar-refractivity contribution in [1.29, 1.82) is 0 Å². The fourth-order valence-electron chi connectivity index (χ4n) is 1.82. The first kappa shape index (κ1) is 13.1. The highest BCUT2D eigenvalue weighted by molar-refractivity contribution is 7.09. The molecule has 0 bridgehead atoms. The van der Waals surface area contributed by atoms with Crippen molar-refractivity contribution < 1.29 is 9.84 Å². The Hall–Kier alpha value is -1.32. The number of benzene rings is 1. The molecule has 0 unspecified atom stereocenters. The van der Waals surface area contributed by atoms with Gasteiger partial charge in [-0.1, -0.05) is 31.2 Å². The van der Waals surface area contributed by atoms with Gasteiger partial charge in [-0.25, -0.2) is 0 Å². The first-order valence-corrected chi connectivity index (χ1v) is 7.11. The van der Waals surface area contributed by atoms with Gasteiger partial charge in [-0.3, -0.25) is 0 Å². The Balaban J connectivity index is 1.96. The number of ether oxygens (including phenoxy) is 1. The maximum absolute atomic E-state index is 9.92. The molecule has 2 nitrogen and oxygen atoms in total. The summed E-state index contributed by atoms with van der Waals surface area (Å²) in [6.07, 6.45) is 1.17. The van der Waals surface area contributed by atoms with Gasteiger partial charge in [-0.05, 0) is 23.9 Å². The highest BCUT2D eigenvalue weighted by atomic mass is 32.1. The fraction of sp³-hybridized carbons (Fsp3) is 0.333. The van der Waals surface area contributed by atoms with Gasteiger partial charge < -0.3 is 9.84 Å². The molecule has 0 saturated carbocycles. The van der Waals surface area contributed by atoms with E-state index in [-0.39, 0.29) is 0 Å². The normalized spacial score (nSPS) is 12.3. The predicted octanol–water partition coefficient (Wildman–Crippen LogP) is 3.81. The SMILES string of the molecule is CC[C@H](O)c1ccccc1OCCc1cccs1. The molecule has 2 rings (SSSR count). The maximum Gasteiger partial charge on any atom is 0.125 e. The quantitative estimate of drug-likeness (QED) is 0.857. The number of rotatable bonds is 6. The lowest BCUT2D eigenvalue weighted by Gasteiger charge is -2.14. The summed E-state index contributed by atoms with van der Waals surface area (Å²) in [6.45, 7) is 2.61. The summed E-state index contributed by atoms with van der Waals surface area (Å²) < 4.78 is 5.78. The summed E-state index contributed by atoms with van der Waals surface area (Å²) in [7, 11) is 0. The molecule has 3 heteroatoms. The second-order valence-electron chi connectivity index (χ2n) is 4.14. The van der Waals surface area contributed by atoms with Crippen molar-refractivity contribution in [2.45, 2.75) is 25.9 Å². The molecule has 1 N–H and O–H groups in total. The number of thiophene rings is 1. The van der Waals surface area contributed by atoms with Crippen LogP contribution in [0, 0.1) is 0 Å². The number of para-hydroxylation sites is 1. The second kappa shape index (κ2) is 6.57. The van der Waals surface area contributed by atoms with E-state index in [1.165, 1.54) is 4.88 Å². The third-order valence-corrected chi connectivity index (χ3v) is 3.79. The molecular formula is C15H18O2S. The van der Waals surface area contributed by atoms with Crippen LogP contribution in [0.25, 0.3) is 0 Å². The second-order valence-corrected chi connectivity index (χ2v) is 5.17. The minimum atomic E-state index is -0.442. The van der Waals surface area contributed by atoms with Gasteiger partial charge in [0.15, 0.2) is 0 Å². The first-order valence-electron chi connectivity index (χ1n) is 6.23. The zero-order valence-corrected chi connectivity index (χ0v) is 11.3. The number of aliphatic hydroxyl groups excluding tert-OH is 1. The Morgan fingerprint density at radius 2 is 2.06 bits per heavy atom. The molecule has 96 valence electrons. The fourth-order valence-corrected chi connectivity index (χ4v) is 2.51. The van der Waals surface area contributed by atoms with Gasteiger partial charge in [0.05, 0.1) is 12.7 Å². The Labute approximate surface area is 112 Å². The summed E-state index contributed by atoms with van der Waals surface area (Å²) in [4.78, 5) is 1.32. The zero-order chi connectivity index (χ0) is 12.8. The van der Waals surface area contributed by atoms with E-state index in [4.69, 9.17) is 4.74 Å². The van der Waals surface area contributed by atoms with E-state index in [9.17, 15) is 5.11 Å². The lowest BCUT2D eigenvalue weighted by atomic mass is 10.1. The van der Waals surface area contributed by atoms with Crippen LogP contribution >= 0.6 is 11.3 Å². The summed E-state index contributed by atoms with van der Waals surface area (Å²) in [5, 5.41) is 12.0. The van der Waals surface area contributed by atoms with Crippen molar-refractivity contribution in [3.8, 4) is 5.75 Å². The summed E-state index contributed by atoms with van der Waals surface area (Å²) in [6, 6.07) is 11.9. The van der Waals surface area contributed by atoms with Gasteiger partial charge >= 0.3 is 0 Å². The molecule has 18 heavy (non-hydrogen) atoms. The van der Waals surface area contributed by atoms with Gasteiger partial charge in [-0.15, -0.1) is 11.3 Å². The Morgan fingerprint density at radius 3 is 2.78 bits per heavy atom. The Bertz CT molecular complexity index is 465. The maximum atomic E-state index is 9.92. The molecule has 0 radical (unpaired) electrons. The van der Waals surface area contributed by atoms with Crippen LogP contribution in [0.5, 0.6) is 5.75 Å². The molecule has 0 aliphatic heterocycles. The molecular weight excluding hydrogens is 244 g/mol. The van der Waals surface area contributed by atoms with Gasteiger partial charge in [0.25, 0.3) is 0 Å². The van der Waals surface area contributed by atoms with E-state index in [0.29, 0.717) is 13.0 Å². The minimum absolute atomic E-state index is 0.442. The van der Waals surface area contributed by atoms with Crippen LogP contribution in [0.15, 0.2) is 41.8 Å². The highest BCUT2D eigenvalue weighted by Crippen LogP contribution is 2.27. The predicted molar refractivity (Wildman–Crippen MR) is 75.2 cm³/mol. The molecule has 1 atom stereocenters. The van der Waals surface area contributed by atoms with Crippen LogP contribution < -0.4 is 4.74 Å². The number of aliphatic hydroxyl groups is 1. The molecule has 0 amide bonds. The Kier molecular flexibility index (Phi) is 4.79. The van der Waals surface area contributed by atoms with Crippen molar-refractivity contribution in [1.82, 2.24) is 0 Å². The van der Waals surface area contributed by atoms with E-state index >= 15 is 0 Å². The van der Waals surface area contributed by atoms with E-state index < -0.39 is 6.10 Å². The van der Waals surface area contributed by atoms with Gasteiger partial charge in [0, 0.05) is 16.9 Å². The monoisotopic (exact) mass is 262 g/mol. The van der Waals surface area contributed by atoms with E-state index in [1.807, 2.05) is 31.2 Å². The molecule has 0 saturated heterocycles. The summed E-state index contributed by atoms with van der Waals surface area (Å²) >= 11 is 1.74. The van der Waals surface area contributed by atoms with Gasteiger partial charge in [0.2, 0.25) is 0 Å². The van der Waals surface area contributed by atoms with Crippen LogP contribution in [0.3, 0.4) is 0 Å².